The quantitative estimate of drug-likeness (QED) is 0.166. The number of hydrogen-bond acceptors (Lipinski definition) is 3. The summed E-state index contributed by atoms with van der Waals surface area (Å²) in [5.41, 5.74) is 20.3. The highest BCUT2D eigenvalue weighted by Gasteiger charge is 2.48. The van der Waals surface area contributed by atoms with E-state index in [2.05, 4.69) is 232 Å². The lowest BCUT2D eigenvalue weighted by Crippen LogP contribution is -2.62. The van der Waals surface area contributed by atoms with Gasteiger partial charge in [0.1, 0.15) is 11.2 Å². The Labute approximate surface area is 369 Å². The van der Waals surface area contributed by atoms with E-state index in [1.807, 2.05) is 0 Å². The van der Waals surface area contributed by atoms with Crippen molar-refractivity contribution in [1.82, 2.24) is 0 Å². The number of benzene rings is 7. The van der Waals surface area contributed by atoms with E-state index in [1.54, 1.807) is 0 Å². The number of para-hydroxylation sites is 1. The van der Waals surface area contributed by atoms with E-state index < -0.39 is 0 Å². The van der Waals surface area contributed by atoms with Crippen molar-refractivity contribution in [2.24, 2.45) is 0 Å². The molecular formula is C58H59BN2O. The van der Waals surface area contributed by atoms with Crippen LogP contribution in [0.1, 0.15) is 105 Å². The lowest BCUT2D eigenvalue weighted by atomic mass is 9.43. The molecule has 0 aliphatic carbocycles. The van der Waals surface area contributed by atoms with Gasteiger partial charge in [0.2, 0.25) is 0 Å². The van der Waals surface area contributed by atoms with Gasteiger partial charge in [-0.25, -0.2) is 0 Å². The molecule has 1 aromatic heterocycles. The predicted molar refractivity (Wildman–Crippen MR) is 268 cm³/mol. The van der Waals surface area contributed by atoms with E-state index in [0.29, 0.717) is 0 Å². The van der Waals surface area contributed by atoms with Crippen molar-refractivity contribution in [3.8, 4) is 22.3 Å². The zero-order valence-electron chi connectivity index (χ0n) is 38.7. The van der Waals surface area contributed by atoms with Gasteiger partial charge in [0.25, 0.3) is 0 Å². The molecule has 0 saturated carbocycles. The van der Waals surface area contributed by atoms with Crippen LogP contribution in [-0.4, -0.2) is 6.85 Å². The Bertz CT molecular complexity index is 3050. The second kappa shape index (κ2) is 13.8. The Morgan fingerprint density at radius 1 is 0.403 bits per heavy atom. The van der Waals surface area contributed by atoms with Crippen LogP contribution < -0.4 is 20.6 Å². The van der Waals surface area contributed by atoms with Crippen molar-refractivity contribution in [3.63, 3.8) is 0 Å². The fourth-order valence-corrected chi connectivity index (χ4v) is 9.84. The number of fused-ring (bicyclic) bond motifs is 8. The molecule has 0 amide bonds. The zero-order chi connectivity index (χ0) is 43.7. The lowest BCUT2D eigenvalue weighted by molar-refractivity contribution is 0.589. The van der Waals surface area contributed by atoms with Crippen LogP contribution in [0, 0.1) is 0 Å². The fraction of sp³-hybridized carbons (Fsp3) is 0.276. The SMILES string of the molecule is CC(C)(C)c1ccc(N2B3c4c(cc(C(C)(C)C)cc4N(c4ccc(C(C)(C)C)cc4-c4ccccc4)c4ccc5c(oc6ccccc65)c43)-c3cc(C(C)(C)C)ccc32)cc1. The topological polar surface area (TPSA) is 19.6 Å². The Hall–Kier alpha value is -6.00. The normalized spacial score (nSPS) is 14.0. The summed E-state index contributed by atoms with van der Waals surface area (Å²) in [6, 6.07) is 52.9. The standard InChI is InChI=1S/C58H59BN2O/c1-55(2,3)37-22-26-41(27-23-37)61-48-30-25-39(57(7,8)9)33-45(48)46-34-40(58(10,11)12)35-50-52(46)59(61)53-49(31-28-43-42-20-16-17-21-51(42)62-54(43)53)60(50)47-29-24-38(56(4,5)6)32-44(47)36-18-14-13-15-19-36/h13-35H,1-12H3. The molecule has 0 atom stereocenters. The molecule has 2 aliphatic rings. The van der Waals surface area contributed by atoms with E-state index in [4.69, 9.17) is 4.42 Å². The minimum absolute atomic E-state index is 0.0282. The maximum atomic E-state index is 7.15. The molecule has 10 rings (SSSR count). The van der Waals surface area contributed by atoms with E-state index in [1.165, 1.54) is 66.8 Å². The van der Waals surface area contributed by atoms with Crippen LogP contribution in [0.4, 0.5) is 28.4 Å². The third-order valence-corrected chi connectivity index (χ3v) is 13.5. The molecule has 0 unspecified atom stereocenters. The summed E-state index contributed by atoms with van der Waals surface area (Å²) in [6.07, 6.45) is 0. The first kappa shape index (κ1) is 40.1. The van der Waals surface area contributed by atoms with Gasteiger partial charge < -0.3 is 14.1 Å². The van der Waals surface area contributed by atoms with Crippen LogP contribution >= 0.6 is 0 Å². The van der Waals surface area contributed by atoms with Crippen molar-refractivity contribution in [2.75, 3.05) is 9.71 Å². The van der Waals surface area contributed by atoms with Gasteiger partial charge in [0, 0.05) is 50.1 Å². The highest BCUT2D eigenvalue weighted by atomic mass is 16.3. The second-order valence-electron chi connectivity index (χ2n) is 21.9. The maximum Gasteiger partial charge on any atom is 0.336 e. The summed E-state index contributed by atoms with van der Waals surface area (Å²) in [4.78, 5) is 5.21. The molecule has 0 fully saturated rings. The average Bonchev–Trinajstić information content (AvgIpc) is 3.61. The molecule has 62 heavy (non-hydrogen) atoms. The molecule has 3 nitrogen and oxygen atoms in total. The van der Waals surface area contributed by atoms with Crippen molar-refractivity contribution in [1.29, 1.82) is 0 Å². The van der Waals surface area contributed by atoms with Gasteiger partial charge in [-0.3, -0.25) is 0 Å². The molecule has 4 heteroatoms. The number of rotatable bonds is 3. The number of nitrogens with zero attached hydrogens (tertiary/aromatic N) is 2. The van der Waals surface area contributed by atoms with Crippen LogP contribution in [0.2, 0.25) is 0 Å². The molecule has 0 saturated heterocycles. The number of furan rings is 1. The first-order valence-electron chi connectivity index (χ1n) is 22.5. The van der Waals surface area contributed by atoms with E-state index >= 15 is 0 Å². The average molecular weight is 811 g/mol. The monoisotopic (exact) mass is 810 g/mol. The molecule has 0 spiro atoms. The number of anilines is 5. The summed E-state index contributed by atoms with van der Waals surface area (Å²) in [7, 11) is 0. The van der Waals surface area contributed by atoms with E-state index in [0.717, 1.165) is 39.0 Å². The van der Waals surface area contributed by atoms with Gasteiger partial charge >= 0.3 is 6.85 Å². The Kier molecular flexibility index (Phi) is 8.89. The minimum Gasteiger partial charge on any atom is -0.456 e. The highest BCUT2D eigenvalue weighted by molar-refractivity contribution is 6.95. The summed E-state index contributed by atoms with van der Waals surface area (Å²) in [5, 5.41) is 2.27. The molecule has 0 radical (unpaired) electrons. The smallest absolute Gasteiger partial charge is 0.336 e. The van der Waals surface area contributed by atoms with E-state index in [-0.39, 0.29) is 28.5 Å². The van der Waals surface area contributed by atoms with Crippen molar-refractivity contribution in [2.45, 2.75) is 105 Å². The molecule has 310 valence electrons. The Balaban J connectivity index is 1.39. The molecule has 0 N–H and O–H groups in total. The van der Waals surface area contributed by atoms with Crippen molar-refractivity contribution < 1.29 is 4.42 Å². The lowest BCUT2D eigenvalue weighted by Gasteiger charge is -2.47. The van der Waals surface area contributed by atoms with Crippen LogP contribution in [0.25, 0.3) is 44.2 Å². The first-order chi connectivity index (χ1) is 29.3. The van der Waals surface area contributed by atoms with Gasteiger partial charge in [-0.2, -0.15) is 0 Å². The largest absolute Gasteiger partial charge is 0.456 e. The predicted octanol–water partition coefficient (Wildman–Crippen LogP) is 15.2. The van der Waals surface area contributed by atoms with Crippen molar-refractivity contribution in [3.05, 3.63) is 162 Å². The van der Waals surface area contributed by atoms with Gasteiger partial charge in [0.15, 0.2) is 0 Å². The summed E-state index contributed by atoms with van der Waals surface area (Å²) in [6.45, 7) is 27.7. The number of hydrogen-bond donors (Lipinski definition) is 0. The highest BCUT2D eigenvalue weighted by Crippen LogP contribution is 2.52. The molecule has 8 aromatic rings. The fourth-order valence-electron chi connectivity index (χ4n) is 9.84. The second-order valence-corrected chi connectivity index (χ2v) is 21.9. The van der Waals surface area contributed by atoms with Crippen molar-refractivity contribution >= 4 is 68.1 Å². The van der Waals surface area contributed by atoms with Crippen LogP contribution in [0.3, 0.4) is 0 Å². The van der Waals surface area contributed by atoms with E-state index in [9.17, 15) is 0 Å². The van der Waals surface area contributed by atoms with Gasteiger partial charge in [-0.1, -0.05) is 162 Å². The first-order valence-corrected chi connectivity index (χ1v) is 22.5. The van der Waals surface area contributed by atoms with Crippen LogP contribution in [0.5, 0.6) is 0 Å². The van der Waals surface area contributed by atoms with Crippen LogP contribution in [0.15, 0.2) is 144 Å². The summed E-state index contributed by atoms with van der Waals surface area (Å²) >= 11 is 0. The molecule has 0 bridgehead atoms. The third-order valence-electron chi connectivity index (χ3n) is 13.5. The Morgan fingerprint density at radius 3 is 1.60 bits per heavy atom. The Morgan fingerprint density at radius 2 is 0.952 bits per heavy atom. The van der Waals surface area contributed by atoms with Gasteiger partial charge in [0.05, 0.1) is 5.69 Å². The van der Waals surface area contributed by atoms with Gasteiger partial charge in [-0.05, 0) is 121 Å². The maximum absolute atomic E-state index is 7.15. The third kappa shape index (κ3) is 6.40. The summed E-state index contributed by atoms with van der Waals surface area (Å²) < 4.78 is 7.15. The molecule has 2 aliphatic heterocycles. The molecular weight excluding hydrogens is 751 g/mol. The van der Waals surface area contributed by atoms with Crippen LogP contribution in [-0.2, 0) is 21.7 Å². The minimum atomic E-state index is -0.188. The molecule has 3 heterocycles. The zero-order valence-corrected chi connectivity index (χ0v) is 38.7. The molecule has 7 aromatic carbocycles. The summed E-state index contributed by atoms with van der Waals surface area (Å²) in [5.74, 6) is 0. The van der Waals surface area contributed by atoms with Gasteiger partial charge in [-0.15, -0.1) is 0 Å².